The molecule has 7 nitrogen and oxygen atoms in total. The molecule has 1 atom stereocenters. The van der Waals surface area contributed by atoms with E-state index in [9.17, 15) is 0 Å². The fourth-order valence-electron chi connectivity index (χ4n) is 1.46. The Morgan fingerprint density at radius 3 is 2.29 bits per heavy atom. The molecule has 1 aromatic rings. The fraction of sp³-hybridized carbons (Fsp3) is 0.700. The monoisotopic (exact) mass is 239 g/mol. The van der Waals surface area contributed by atoms with Gasteiger partial charge in [0.05, 0.1) is 0 Å². The van der Waals surface area contributed by atoms with Gasteiger partial charge in [0, 0.05) is 12.6 Å². The molecule has 0 amide bonds. The van der Waals surface area contributed by atoms with Crippen LogP contribution in [0.15, 0.2) is 0 Å². The van der Waals surface area contributed by atoms with Crippen LogP contribution < -0.4 is 22.5 Å². The molecule has 0 fully saturated rings. The zero-order valence-corrected chi connectivity index (χ0v) is 10.2. The van der Waals surface area contributed by atoms with Crippen LogP contribution in [0.5, 0.6) is 0 Å². The van der Waals surface area contributed by atoms with Gasteiger partial charge in [-0.3, -0.25) is 0 Å². The molecule has 0 spiro atoms. The molecule has 0 aliphatic carbocycles. The number of nitrogen functional groups attached to an aromatic ring is 2. The Morgan fingerprint density at radius 2 is 1.71 bits per heavy atom. The molecule has 96 valence electrons. The number of aromatic nitrogens is 3. The lowest BCUT2D eigenvalue weighted by atomic mass is 10.1. The lowest BCUT2D eigenvalue weighted by molar-refractivity contribution is 0.586. The molecular weight excluding hydrogens is 218 g/mol. The Balaban J connectivity index is 2.18. The van der Waals surface area contributed by atoms with Gasteiger partial charge in [0.1, 0.15) is 0 Å². The van der Waals surface area contributed by atoms with E-state index in [1.165, 1.54) is 0 Å². The molecule has 0 aliphatic rings. The topological polar surface area (TPSA) is 129 Å². The van der Waals surface area contributed by atoms with Crippen molar-refractivity contribution in [2.75, 3.05) is 23.3 Å². The Bertz CT molecular complexity index is 319. The second kappa shape index (κ2) is 6.85. The maximum Gasteiger partial charge on any atom is 0.229 e. The van der Waals surface area contributed by atoms with Crippen molar-refractivity contribution in [3.05, 3.63) is 0 Å². The van der Waals surface area contributed by atoms with Crippen LogP contribution in [0.3, 0.4) is 0 Å². The number of unbranched alkanes of at least 4 members (excludes halogenated alkanes) is 2. The van der Waals surface area contributed by atoms with Gasteiger partial charge in [-0.2, -0.15) is 15.0 Å². The molecule has 0 radical (unpaired) electrons. The molecule has 17 heavy (non-hydrogen) atoms. The van der Waals surface area contributed by atoms with Crippen molar-refractivity contribution in [3.8, 4) is 0 Å². The largest absolute Gasteiger partial charge is 0.368 e. The van der Waals surface area contributed by atoms with Crippen LogP contribution >= 0.6 is 0 Å². The summed E-state index contributed by atoms with van der Waals surface area (Å²) >= 11 is 0. The standard InChI is InChI=1S/C10H21N7/c1-7(11)5-3-2-4-6-14-10-16-8(12)15-9(13)17-10/h7H,2-6,11H2,1H3,(H5,12,13,14,15,16,17). The minimum Gasteiger partial charge on any atom is -0.368 e. The van der Waals surface area contributed by atoms with Crippen molar-refractivity contribution in [1.29, 1.82) is 0 Å². The first-order chi connectivity index (χ1) is 8.08. The Labute approximate surface area is 101 Å². The van der Waals surface area contributed by atoms with Crippen molar-refractivity contribution in [1.82, 2.24) is 15.0 Å². The number of nitrogens with two attached hydrogens (primary N) is 3. The molecule has 0 aliphatic heterocycles. The van der Waals surface area contributed by atoms with Gasteiger partial charge in [0.25, 0.3) is 0 Å². The summed E-state index contributed by atoms with van der Waals surface area (Å²) in [5.41, 5.74) is 16.6. The number of rotatable bonds is 7. The second-order valence-electron chi connectivity index (χ2n) is 4.13. The quantitative estimate of drug-likeness (QED) is 0.505. The summed E-state index contributed by atoms with van der Waals surface area (Å²) in [5.74, 6) is 0.705. The minimum absolute atomic E-state index is 0.136. The van der Waals surface area contributed by atoms with Crippen molar-refractivity contribution in [2.24, 2.45) is 5.73 Å². The summed E-state index contributed by atoms with van der Waals surface area (Å²) in [7, 11) is 0. The van der Waals surface area contributed by atoms with Crippen molar-refractivity contribution in [3.63, 3.8) is 0 Å². The van der Waals surface area contributed by atoms with E-state index in [1.54, 1.807) is 0 Å². The molecule has 1 heterocycles. The van der Waals surface area contributed by atoms with Gasteiger partial charge in [-0.25, -0.2) is 0 Å². The van der Waals surface area contributed by atoms with Crippen molar-refractivity contribution in [2.45, 2.75) is 38.6 Å². The molecule has 1 aromatic heterocycles. The number of nitrogens with zero attached hydrogens (tertiary/aromatic N) is 3. The third-order valence-electron chi connectivity index (χ3n) is 2.29. The van der Waals surface area contributed by atoms with Gasteiger partial charge in [0.2, 0.25) is 17.8 Å². The first-order valence-corrected chi connectivity index (χ1v) is 5.84. The summed E-state index contributed by atoms with van der Waals surface area (Å²) in [4.78, 5) is 11.5. The zero-order valence-electron chi connectivity index (χ0n) is 10.2. The molecule has 0 saturated heterocycles. The molecular formula is C10H21N7. The molecule has 0 aromatic carbocycles. The first-order valence-electron chi connectivity index (χ1n) is 5.84. The highest BCUT2D eigenvalue weighted by atomic mass is 15.2. The van der Waals surface area contributed by atoms with Gasteiger partial charge < -0.3 is 22.5 Å². The van der Waals surface area contributed by atoms with Gasteiger partial charge in [0.15, 0.2) is 0 Å². The molecule has 1 rings (SSSR count). The highest BCUT2D eigenvalue weighted by molar-refractivity contribution is 5.36. The predicted octanol–water partition coefficient (Wildman–Crippen LogP) is 0.356. The predicted molar refractivity (Wildman–Crippen MR) is 69.3 cm³/mol. The van der Waals surface area contributed by atoms with Crippen LogP contribution in [0.1, 0.15) is 32.6 Å². The van der Waals surface area contributed by atoms with Crippen molar-refractivity contribution >= 4 is 17.8 Å². The van der Waals surface area contributed by atoms with E-state index in [0.717, 1.165) is 32.2 Å². The van der Waals surface area contributed by atoms with Gasteiger partial charge in [-0.1, -0.05) is 12.8 Å². The first kappa shape index (κ1) is 13.4. The summed E-state index contributed by atoms with van der Waals surface area (Å²) in [6, 6.07) is 0.283. The van der Waals surface area contributed by atoms with E-state index in [-0.39, 0.29) is 17.9 Å². The summed E-state index contributed by atoms with van der Waals surface area (Å²) in [6.07, 6.45) is 4.37. The van der Waals surface area contributed by atoms with Gasteiger partial charge >= 0.3 is 0 Å². The third-order valence-corrected chi connectivity index (χ3v) is 2.29. The molecule has 0 saturated carbocycles. The van der Waals surface area contributed by atoms with E-state index in [1.807, 2.05) is 6.92 Å². The maximum absolute atomic E-state index is 5.66. The normalized spacial score (nSPS) is 12.4. The van der Waals surface area contributed by atoms with Gasteiger partial charge in [-0.15, -0.1) is 0 Å². The smallest absolute Gasteiger partial charge is 0.229 e. The number of hydrogen-bond acceptors (Lipinski definition) is 7. The minimum atomic E-state index is 0.136. The third kappa shape index (κ3) is 5.86. The van der Waals surface area contributed by atoms with E-state index >= 15 is 0 Å². The number of nitrogens with one attached hydrogen (secondary N) is 1. The Hall–Kier alpha value is -1.63. The van der Waals surface area contributed by atoms with Crippen LogP contribution in [0.2, 0.25) is 0 Å². The average molecular weight is 239 g/mol. The highest BCUT2D eigenvalue weighted by Gasteiger charge is 2.00. The summed E-state index contributed by atoms with van der Waals surface area (Å²) < 4.78 is 0. The Morgan fingerprint density at radius 1 is 1.06 bits per heavy atom. The van der Waals surface area contributed by atoms with E-state index in [0.29, 0.717) is 5.95 Å². The SMILES string of the molecule is CC(N)CCCCCNc1nc(N)nc(N)n1. The van der Waals surface area contributed by atoms with Crippen LogP contribution in [0.25, 0.3) is 0 Å². The molecule has 7 N–H and O–H groups in total. The van der Waals surface area contributed by atoms with Crippen molar-refractivity contribution < 1.29 is 0 Å². The maximum atomic E-state index is 5.66. The highest BCUT2D eigenvalue weighted by Crippen LogP contribution is 2.05. The summed E-state index contributed by atoms with van der Waals surface area (Å²) in [6.45, 7) is 2.82. The molecule has 0 bridgehead atoms. The number of hydrogen-bond donors (Lipinski definition) is 4. The second-order valence-corrected chi connectivity index (χ2v) is 4.13. The lowest BCUT2D eigenvalue weighted by Crippen LogP contribution is -2.14. The van der Waals surface area contributed by atoms with Gasteiger partial charge in [-0.05, 0) is 19.8 Å². The van der Waals surface area contributed by atoms with Crippen LogP contribution in [0.4, 0.5) is 17.8 Å². The molecule has 1 unspecified atom stereocenters. The van der Waals surface area contributed by atoms with E-state index in [2.05, 4.69) is 20.3 Å². The number of anilines is 3. The summed E-state index contributed by atoms with van der Waals surface area (Å²) in [5, 5.41) is 3.06. The Kier molecular flexibility index (Phi) is 5.41. The lowest BCUT2D eigenvalue weighted by Gasteiger charge is -2.06. The van der Waals surface area contributed by atoms with Crippen LogP contribution in [0, 0.1) is 0 Å². The van der Waals surface area contributed by atoms with Crippen LogP contribution in [-0.4, -0.2) is 27.5 Å². The van der Waals surface area contributed by atoms with Crippen LogP contribution in [-0.2, 0) is 0 Å². The van der Waals surface area contributed by atoms with E-state index < -0.39 is 0 Å². The molecule has 7 heteroatoms. The van der Waals surface area contributed by atoms with E-state index in [4.69, 9.17) is 17.2 Å². The average Bonchev–Trinajstić information content (AvgIpc) is 2.21. The zero-order chi connectivity index (χ0) is 12.7. The fourth-order valence-corrected chi connectivity index (χ4v) is 1.46.